The highest BCUT2D eigenvalue weighted by Crippen LogP contribution is 2.27. The molecule has 1 amide bonds. The summed E-state index contributed by atoms with van der Waals surface area (Å²) in [6.07, 6.45) is 1.82. The molecule has 0 bridgehead atoms. The third-order valence-corrected chi connectivity index (χ3v) is 6.28. The summed E-state index contributed by atoms with van der Waals surface area (Å²) in [5.41, 5.74) is 2.57. The molecule has 1 aromatic heterocycles. The fourth-order valence-corrected chi connectivity index (χ4v) is 4.44. The zero-order valence-corrected chi connectivity index (χ0v) is 22.1. The second-order valence-corrected chi connectivity index (χ2v) is 8.96. The second kappa shape index (κ2) is 12.9. The average Bonchev–Trinajstić information content (AvgIpc) is 3.26. The van der Waals surface area contributed by atoms with Crippen molar-refractivity contribution >= 4 is 59.1 Å². The van der Waals surface area contributed by atoms with Gasteiger partial charge in [-0.1, -0.05) is 6.07 Å². The summed E-state index contributed by atoms with van der Waals surface area (Å²) >= 11 is 0. The first-order valence-corrected chi connectivity index (χ1v) is 11.8. The number of nitrogens with one attached hydrogen (secondary N) is 3. The zero-order chi connectivity index (χ0) is 25.9. The van der Waals surface area contributed by atoms with Gasteiger partial charge in [-0.3, -0.25) is 9.89 Å². The Bertz CT molecular complexity index is 1470. The predicted octanol–water partition coefficient (Wildman–Crippen LogP) is 5.82. The minimum Gasteiger partial charge on any atom is -0.478 e. The van der Waals surface area contributed by atoms with Crippen molar-refractivity contribution in [2.24, 2.45) is 0 Å². The Hall–Kier alpha value is -3.73. The van der Waals surface area contributed by atoms with Crippen LogP contribution < -0.4 is 10.6 Å². The second-order valence-electron chi connectivity index (χ2n) is 8.96. The number of carboxylic acids is 1. The molecule has 0 spiro atoms. The van der Waals surface area contributed by atoms with Crippen LogP contribution in [-0.2, 0) is 11.2 Å². The molecule has 0 unspecified atom stereocenters. The van der Waals surface area contributed by atoms with Gasteiger partial charge >= 0.3 is 5.97 Å². The SMILES string of the molecule is Cl.Cl.O=C(O)c1ccc(NC2CCOCC2)c(C(=O)Nc2n[nH]c3ccc(Cc4cc(F)cc(F)c4)cc23)c1. The van der Waals surface area contributed by atoms with Crippen molar-refractivity contribution in [1.82, 2.24) is 10.2 Å². The minimum absolute atomic E-state index is 0. The molecule has 4 N–H and O–H groups in total. The number of carbonyl (C=O) groups excluding carboxylic acids is 1. The van der Waals surface area contributed by atoms with Crippen LogP contribution in [0.1, 0.15) is 44.7 Å². The van der Waals surface area contributed by atoms with E-state index < -0.39 is 23.5 Å². The lowest BCUT2D eigenvalue weighted by Gasteiger charge is -2.25. The molecule has 12 heteroatoms. The molecule has 1 fully saturated rings. The molecular weight excluding hydrogens is 553 g/mol. The van der Waals surface area contributed by atoms with E-state index in [9.17, 15) is 23.5 Å². The summed E-state index contributed by atoms with van der Waals surface area (Å²) < 4.78 is 32.6. The van der Waals surface area contributed by atoms with Crippen LogP contribution in [-0.4, -0.2) is 46.4 Å². The van der Waals surface area contributed by atoms with E-state index in [2.05, 4.69) is 20.8 Å². The fraction of sp³-hybridized carbons (Fsp3) is 0.222. The van der Waals surface area contributed by atoms with Crippen LogP contribution in [0, 0.1) is 11.6 Å². The predicted molar refractivity (Wildman–Crippen MR) is 149 cm³/mol. The standard InChI is InChI=1S/C27H24F2N4O4.2ClH/c28-18-10-16(11-19(29)14-18)9-15-1-3-24-21(12-15)25(33-32-24)31-26(34)22-13-17(27(35)36)2-4-23(22)30-20-5-7-37-8-6-20;;/h1-4,10-14,20,30H,5-9H2,(H,35,36)(H2,31,32,33,34);2*1H. The van der Waals surface area contributed by atoms with Gasteiger partial charge in [-0.25, -0.2) is 13.6 Å². The van der Waals surface area contributed by atoms with Gasteiger partial charge in [0.2, 0.25) is 0 Å². The van der Waals surface area contributed by atoms with Gasteiger partial charge in [-0.15, -0.1) is 24.8 Å². The van der Waals surface area contributed by atoms with Crippen LogP contribution in [0.4, 0.5) is 20.3 Å². The summed E-state index contributed by atoms with van der Waals surface area (Å²) in [7, 11) is 0. The van der Waals surface area contributed by atoms with E-state index in [4.69, 9.17) is 4.74 Å². The van der Waals surface area contributed by atoms with Gasteiger partial charge in [0.25, 0.3) is 5.91 Å². The van der Waals surface area contributed by atoms with E-state index in [1.807, 2.05) is 0 Å². The molecule has 39 heavy (non-hydrogen) atoms. The van der Waals surface area contributed by atoms with Gasteiger partial charge < -0.3 is 20.5 Å². The first-order valence-electron chi connectivity index (χ1n) is 11.8. The van der Waals surface area contributed by atoms with E-state index in [-0.39, 0.29) is 54.2 Å². The van der Waals surface area contributed by atoms with Crippen molar-refractivity contribution in [3.05, 3.63) is 88.5 Å². The van der Waals surface area contributed by atoms with E-state index in [1.165, 1.54) is 24.3 Å². The van der Waals surface area contributed by atoms with E-state index in [1.54, 1.807) is 24.3 Å². The van der Waals surface area contributed by atoms with Gasteiger partial charge in [-0.2, -0.15) is 5.10 Å². The topological polar surface area (TPSA) is 116 Å². The zero-order valence-electron chi connectivity index (χ0n) is 20.5. The first-order chi connectivity index (χ1) is 17.9. The Morgan fingerprint density at radius 2 is 1.69 bits per heavy atom. The van der Waals surface area contributed by atoms with E-state index in [0.29, 0.717) is 35.4 Å². The van der Waals surface area contributed by atoms with Crippen molar-refractivity contribution < 1.29 is 28.2 Å². The number of H-pyrrole nitrogens is 1. The Kier molecular flexibility index (Phi) is 9.85. The largest absolute Gasteiger partial charge is 0.478 e. The molecular formula is C27H26Cl2F2N4O4. The fourth-order valence-electron chi connectivity index (χ4n) is 4.44. The summed E-state index contributed by atoms with van der Waals surface area (Å²) in [6.45, 7) is 1.21. The summed E-state index contributed by atoms with van der Waals surface area (Å²) in [5, 5.41) is 23.2. The number of carboxylic acid groups (broad SMARTS) is 1. The van der Waals surface area contributed by atoms with Crippen LogP contribution in [0.15, 0.2) is 54.6 Å². The van der Waals surface area contributed by atoms with Crippen molar-refractivity contribution in [1.29, 1.82) is 0 Å². The minimum atomic E-state index is -1.14. The number of halogens is 4. The van der Waals surface area contributed by atoms with Gasteiger partial charge in [-0.05, 0) is 72.9 Å². The number of aromatic amines is 1. The van der Waals surface area contributed by atoms with Crippen molar-refractivity contribution in [2.45, 2.75) is 25.3 Å². The number of carbonyl (C=O) groups is 2. The highest BCUT2D eigenvalue weighted by molar-refractivity contribution is 6.11. The number of hydrogen-bond acceptors (Lipinski definition) is 5. The highest BCUT2D eigenvalue weighted by Gasteiger charge is 2.21. The molecule has 1 saturated heterocycles. The van der Waals surface area contributed by atoms with Crippen LogP contribution in [0.25, 0.3) is 10.9 Å². The molecule has 1 aliphatic heterocycles. The number of amides is 1. The van der Waals surface area contributed by atoms with E-state index >= 15 is 0 Å². The number of aromatic nitrogens is 2. The molecule has 0 atom stereocenters. The lowest BCUT2D eigenvalue weighted by Crippen LogP contribution is -2.29. The monoisotopic (exact) mass is 578 g/mol. The number of hydrogen-bond donors (Lipinski definition) is 4. The number of anilines is 2. The molecule has 4 aromatic rings. The lowest BCUT2D eigenvalue weighted by molar-refractivity contribution is 0.0697. The molecule has 1 aliphatic rings. The number of aromatic carboxylic acids is 1. The number of benzene rings is 3. The molecule has 3 aromatic carbocycles. The van der Waals surface area contributed by atoms with Crippen LogP contribution in [0.3, 0.4) is 0 Å². The van der Waals surface area contributed by atoms with Crippen LogP contribution >= 0.6 is 24.8 Å². The Morgan fingerprint density at radius 3 is 2.38 bits per heavy atom. The summed E-state index contributed by atoms with van der Waals surface area (Å²) in [4.78, 5) is 24.9. The normalized spacial score (nSPS) is 13.3. The maximum absolute atomic E-state index is 13.6. The summed E-state index contributed by atoms with van der Waals surface area (Å²) in [6, 6.07) is 13.2. The van der Waals surface area contributed by atoms with Crippen LogP contribution in [0.5, 0.6) is 0 Å². The average molecular weight is 579 g/mol. The summed E-state index contributed by atoms with van der Waals surface area (Å²) in [5.74, 6) is -2.72. The molecule has 206 valence electrons. The smallest absolute Gasteiger partial charge is 0.335 e. The maximum atomic E-state index is 13.6. The maximum Gasteiger partial charge on any atom is 0.335 e. The molecule has 2 heterocycles. The van der Waals surface area contributed by atoms with Crippen molar-refractivity contribution in [3.8, 4) is 0 Å². The lowest BCUT2D eigenvalue weighted by atomic mass is 10.0. The van der Waals surface area contributed by atoms with Crippen molar-refractivity contribution in [2.75, 3.05) is 23.8 Å². The number of fused-ring (bicyclic) bond motifs is 1. The van der Waals surface area contributed by atoms with Gasteiger partial charge in [0.05, 0.1) is 16.6 Å². The van der Waals surface area contributed by atoms with Crippen LogP contribution in [0.2, 0.25) is 0 Å². The first kappa shape index (κ1) is 29.8. The third-order valence-electron chi connectivity index (χ3n) is 6.28. The Morgan fingerprint density at radius 1 is 0.974 bits per heavy atom. The third kappa shape index (κ3) is 7.03. The van der Waals surface area contributed by atoms with E-state index in [0.717, 1.165) is 24.5 Å². The molecule has 0 radical (unpaired) electrons. The van der Waals surface area contributed by atoms with Crippen molar-refractivity contribution in [3.63, 3.8) is 0 Å². The number of nitrogens with zero attached hydrogens (tertiary/aromatic N) is 1. The Labute approximate surface area is 235 Å². The number of ether oxygens (including phenoxy) is 1. The number of rotatable bonds is 7. The molecule has 0 saturated carbocycles. The quantitative estimate of drug-likeness (QED) is 0.220. The Balaban J connectivity index is 0.00000210. The molecule has 0 aliphatic carbocycles. The van der Waals surface area contributed by atoms with Gasteiger partial charge in [0.1, 0.15) is 11.6 Å². The van der Waals surface area contributed by atoms with Gasteiger partial charge in [0, 0.05) is 36.4 Å². The van der Waals surface area contributed by atoms with Gasteiger partial charge in [0.15, 0.2) is 5.82 Å². The molecule has 8 nitrogen and oxygen atoms in total. The molecule has 5 rings (SSSR count). The highest BCUT2D eigenvalue weighted by atomic mass is 35.5.